The number of benzene rings is 2. The zero-order valence-electron chi connectivity index (χ0n) is 17.8. The van der Waals surface area contributed by atoms with Gasteiger partial charge in [0.15, 0.2) is 0 Å². The zero-order valence-corrected chi connectivity index (χ0v) is 19.4. The Labute approximate surface area is 197 Å². The van der Waals surface area contributed by atoms with Gasteiger partial charge in [-0.2, -0.15) is 0 Å². The summed E-state index contributed by atoms with van der Waals surface area (Å²) in [5.41, 5.74) is -0.297. The molecule has 10 heteroatoms. The molecule has 0 radical (unpaired) electrons. The molecule has 0 bridgehead atoms. The summed E-state index contributed by atoms with van der Waals surface area (Å²) < 4.78 is 6.27. The van der Waals surface area contributed by atoms with Crippen LogP contribution in [0.15, 0.2) is 50.1 Å². The number of aromatic hydroxyl groups is 1. The van der Waals surface area contributed by atoms with Crippen molar-refractivity contribution in [1.29, 1.82) is 0 Å². The Morgan fingerprint density at radius 3 is 2.58 bits per heavy atom. The van der Waals surface area contributed by atoms with Gasteiger partial charge in [0.2, 0.25) is 5.75 Å². The molecule has 1 aliphatic heterocycles. The average Bonchev–Trinajstić information content (AvgIpc) is 2.79. The van der Waals surface area contributed by atoms with Crippen LogP contribution in [0.25, 0.3) is 11.0 Å². The van der Waals surface area contributed by atoms with Gasteiger partial charge < -0.3 is 14.8 Å². The molecule has 33 heavy (non-hydrogen) atoms. The summed E-state index contributed by atoms with van der Waals surface area (Å²) in [4.78, 5) is 38.0. The van der Waals surface area contributed by atoms with Gasteiger partial charge in [-0.05, 0) is 43.5 Å². The lowest BCUT2D eigenvalue weighted by Gasteiger charge is -2.32. The van der Waals surface area contributed by atoms with E-state index in [-0.39, 0.29) is 28.1 Å². The number of rotatable bonds is 5. The van der Waals surface area contributed by atoms with Crippen molar-refractivity contribution < 1.29 is 19.2 Å². The van der Waals surface area contributed by atoms with Crippen LogP contribution in [0, 0.1) is 17.0 Å². The molecule has 0 unspecified atom stereocenters. The Morgan fingerprint density at radius 1 is 1.27 bits per heavy atom. The summed E-state index contributed by atoms with van der Waals surface area (Å²) in [5.74, 6) is -1.15. The lowest BCUT2D eigenvalue weighted by atomic mass is 10.0. The Bertz CT molecular complexity index is 1280. The number of aryl methyl sites for hydroxylation is 1. The van der Waals surface area contributed by atoms with E-state index in [4.69, 9.17) is 4.42 Å². The molecule has 172 valence electrons. The van der Waals surface area contributed by atoms with Crippen molar-refractivity contribution in [2.75, 3.05) is 13.1 Å². The van der Waals surface area contributed by atoms with Gasteiger partial charge in [0, 0.05) is 47.2 Å². The van der Waals surface area contributed by atoms with E-state index in [1.807, 2.05) is 12.1 Å². The summed E-state index contributed by atoms with van der Waals surface area (Å²) in [7, 11) is 0. The minimum atomic E-state index is -0.857. The van der Waals surface area contributed by atoms with E-state index in [1.165, 1.54) is 18.6 Å². The Kier molecular flexibility index (Phi) is 6.48. The number of likely N-dealkylation sites (tertiary alicyclic amines) is 1. The van der Waals surface area contributed by atoms with Crippen LogP contribution in [-0.4, -0.2) is 40.0 Å². The van der Waals surface area contributed by atoms with Crippen LogP contribution < -0.4 is 10.9 Å². The molecule has 2 heterocycles. The van der Waals surface area contributed by atoms with Crippen LogP contribution >= 0.6 is 15.9 Å². The first-order valence-corrected chi connectivity index (χ1v) is 11.2. The molecule has 1 aromatic heterocycles. The highest BCUT2D eigenvalue weighted by Gasteiger charge is 2.25. The molecule has 9 nitrogen and oxygen atoms in total. The normalized spacial score (nSPS) is 15.0. The number of phenols is 1. The summed E-state index contributed by atoms with van der Waals surface area (Å²) in [6.07, 6.45) is 1.47. The summed E-state index contributed by atoms with van der Waals surface area (Å²) in [6.45, 7) is 3.85. The van der Waals surface area contributed by atoms with Gasteiger partial charge in [0.05, 0.1) is 4.92 Å². The van der Waals surface area contributed by atoms with Crippen LogP contribution in [0.5, 0.6) is 5.75 Å². The molecule has 0 saturated carbocycles. The molecule has 1 amide bonds. The molecule has 0 aliphatic carbocycles. The number of fused-ring (bicyclic) bond motifs is 1. The third-order valence-corrected chi connectivity index (χ3v) is 6.42. The van der Waals surface area contributed by atoms with E-state index in [2.05, 4.69) is 38.3 Å². The number of nitro groups is 1. The van der Waals surface area contributed by atoms with Crippen LogP contribution in [0.3, 0.4) is 0 Å². The Balaban J connectivity index is 1.45. The van der Waals surface area contributed by atoms with Crippen molar-refractivity contribution in [2.24, 2.45) is 0 Å². The number of halogens is 1. The highest BCUT2D eigenvalue weighted by atomic mass is 79.9. The van der Waals surface area contributed by atoms with Crippen molar-refractivity contribution in [3.05, 3.63) is 78.1 Å². The van der Waals surface area contributed by atoms with Gasteiger partial charge in [-0.15, -0.1) is 0 Å². The van der Waals surface area contributed by atoms with E-state index >= 15 is 0 Å². The van der Waals surface area contributed by atoms with Gasteiger partial charge in [-0.25, -0.2) is 4.79 Å². The van der Waals surface area contributed by atoms with Crippen molar-refractivity contribution in [3.8, 4) is 5.75 Å². The van der Waals surface area contributed by atoms with Crippen LogP contribution in [-0.2, 0) is 6.54 Å². The van der Waals surface area contributed by atoms with E-state index in [0.29, 0.717) is 0 Å². The smallest absolute Gasteiger partial charge is 0.349 e. The molecule has 4 rings (SSSR count). The second-order valence-electron chi connectivity index (χ2n) is 8.14. The lowest BCUT2D eigenvalue weighted by molar-refractivity contribution is -0.385. The lowest BCUT2D eigenvalue weighted by Crippen LogP contribution is -2.45. The van der Waals surface area contributed by atoms with Crippen molar-refractivity contribution in [3.63, 3.8) is 0 Å². The first-order valence-electron chi connectivity index (χ1n) is 10.5. The topological polar surface area (TPSA) is 126 Å². The number of nitro benzene ring substituents is 1. The molecule has 2 N–H and O–H groups in total. The third-order valence-electron chi connectivity index (χ3n) is 5.89. The van der Waals surface area contributed by atoms with Crippen LogP contribution in [0.4, 0.5) is 5.69 Å². The minimum Gasteiger partial charge on any atom is -0.502 e. The minimum absolute atomic E-state index is 0.0147. The molecular formula is C23H22BrN3O6. The molecule has 3 aromatic rings. The summed E-state index contributed by atoms with van der Waals surface area (Å²) in [5, 5.41) is 24.3. The summed E-state index contributed by atoms with van der Waals surface area (Å²) >= 11 is 3.43. The molecule has 1 aliphatic rings. The second-order valence-corrected chi connectivity index (χ2v) is 9.06. The van der Waals surface area contributed by atoms with Gasteiger partial charge in [0.1, 0.15) is 11.1 Å². The fourth-order valence-electron chi connectivity index (χ4n) is 4.05. The number of carbonyl (C=O) groups excluding carboxylic acids is 1. The molecular weight excluding hydrogens is 494 g/mol. The number of nitrogens with zero attached hydrogens (tertiary/aromatic N) is 2. The number of carbonyl (C=O) groups is 1. The maximum Gasteiger partial charge on any atom is 0.349 e. The van der Waals surface area contributed by atoms with E-state index < -0.39 is 27.9 Å². The zero-order chi connectivity index (χ0) is 23.7. The quantitative estimate of drug-likeness (QED) is 0.300. The third kappa shape index (κ3) is 4.91. The predicted molar refractivity (Wildman–Crippen MR) is 125 cm³/mol. The van der Waals surface area contributed by atoms with Crippen LogP contribution in [0.2, 0.25) is 0 Å². The standard InChI is InChI=1S/C23H22BrN3O6/c1-13-20(28)19(27(31)32)11-15-10-18(23(30)33-21(13)15)22(29)25-17-6-8-26(9-7-17)12-14-2-4-16(24)5-3-14/h2-5,10-11,17,28H,6-9,12H2,1H3,(H,25,29). The van der Waals surface area contributed by atoms with Gasteiger partial charge in [-0.1, -0.05) is 28.1 Å². The average molecular weight is 516 g/mol. The van der Waals surface area contributed by atoms with Crippen molar-refractivity contribution in [2.45, 2.75) is 32.4 Å². The first-order chi connectivity index (χ1) is 15.7. The number of amides is 1. The number of hydrogen-bond acceptors (Lipinski definition) is 7. The van der Waals surface area contributed by atoms with Crippen molar-refractivity contribution >= 4 is 38.5 Å². The second kappa shape index (κ2) is 9.32. The van der Waals surface area contributed by atoms with Gasteiger partial charge >= 0.3 is 11.3 Å². The van der Waals surface area contributed by atoms with E-state index in [1.54, 1.807) is 0 Å². The molecule has 0 spiro atoms. The Hall–Kier alpha value is -3.24. The fourth-order valence-corrected chi connectivity index (χ4v) is 4.31. The Morgan fingerprint density at radius 2 is 1.94 bits per heavy atom. The highest BCUT2D eigenvalue weighted by molar-refractivity contribution is 9.10. The van der Waals surface area contributed by atoms with Crippen LogP contribution in [0.1, 0.15) is 34.3 Å². The predicted octanol–water partition coefficient (Wildman–Crippen LogP) is 3.87. The SMILES string of the molecule is Cc1c(O)c([N+](=O)[O-])cc2cc(C(=O)NC3CCN(Cc4ccc(Br)cc4)CC3)c(=O)oc12. The molecule has 2 aromatic carbocycles. The number of nitrogens with one attached hydrogen (secondary N) is 1. The van der Waals surface area contributed by atoms with E-state index in [0.717, 1.165) is 43.0 Å². The monoisotopic (exact) mass is 515 g/mol. The highest BCUT2D eigenvalue weighted by Crippen LogP contribution is 2.35. The van der Waals surface area contributed by atoms with Crippen molar-refractivity contribution in [1.82, 2.24) is 10.2 Å². The number of piperidine rings is 1. The maximum atomic E-state index is 12.8. The van der Waals surface area contributed by atoms with Gasteiger partial charge in [0.25, 0.3) is 5.91 Å². The molecule has 1 fully saturated rings. The number of hydrogen-bond donors (Lipinski definition) is 2. The molecule has 0 atom stereocenters. The first kappa shape index (κ1) is 22.9. The summed E-state index contributed by atoms with van der Waals surface area (Å²) in [6, 6.07) is 10.4. The molecule has 1 saturated heterocycles. The largest absolute Gasteiger partial charge is 0.502 e. The fraction of sp³-hybridized carbons (Fsp3) is 0.304. The van der Waals surface area contributed by atoms with E-state index in [9.17, 15) is 24.8 Å². The number of phenolic OH excluding ortho intramolecular Hbond substituents is 1. The van der Waals surface area contributed by atoms with Gasteiger partial charge in [-0.3, -0.25) is 19.8 Å². The maximum absolute atomic E-state index is 12.8.